The maximum Gasteiger partial charge on any atom is 0.237 e. The van der Waals surface area contributed by atoms with Crippen LogP contribution >= 0.6 is 0 Å². The number of hydrogen-bond acceptors (Lipinski definition) is 3. The second-order valence-corrected chi connectivity index (χ2v) is 4.80. The minimum atomic E-state index is -0.196. The fraction of sp³-hybridized carbons (Fsp3) is 0.769. The summed E-state index contributed by atoms with van der Waals surface area (Å²) in [6.07, 6.45) is 7.70. The molecule has 4 heteroatoms. The maximum absolute atomic E-state index is 11.5. The van der Waals surface area contributed by atoms with Gasteiger partial charge in [-0.05, 0) is 33.7 Å². The third kappa shape index (κ3) is 4.76. The van der Waals surface area contributed by atoms with Crippen molar-refractivity contribution in [3.05, 3.63) is 0 Å². The lowest BCUT2D eigenvalue weighted by Crippen LogP contribution is -2.47. The first-order chi connectivity index (χ1) is 8.06. The zero-order valence-electron chi connectivity index (χ0n) is 11.0. The van der Waals surface area contributed by atoms with Crippen LogP contribution in [-0.2, 0) is 4.79 Å². The number of likely N-dealkylation sites (N-methyl/N-ethyl adjacent to an activating group) is 1. The first-order valence-electron chi connectivity index (χ1n) is 6.22. The molecule has 0 heterocycles. The van der Waals surface area contributed by atoms with Crippen molar-refractivity contribution in [2.24, 2.45) is 0 Å². The quantitative estimate of drug-likeness (QED) is 0.622. The lowest BCUT2D eigenvalue weighted by Gasteiger charge is -2.26. The van der Waals surface area contributed by atoms with E-state index in [0.29, 0.717) is 12.6 Å². The molecule has 1 aliphatic rings. The van der Waals surface area contributed by atoms with Crippen LogP contribution in [0.5, 0.6) is 0 Å². The Morgan fingerprint density at radius 1 is 1.53 bits per heavy atom. The molecule has 0 saturated heterocycles. The molecule has 0 aromatic carbocycles. The maximum atomic E-state index is 11.5. The molecule has 1 rings (SSSR count). The van der Waals surface area contributed by atoms with E-state index in [-0.39, 0.29) is 11.9 Å². The Labute approximate surface area is 104 Å². The van der Waals surface area contributed by atoms with E-state index >= 15 is 0 Å². The SMILES string of the molecule is C#CCNC(=O)C(C)NCC(C)N(C)C1CC1. The predicted octanol–water partition coefficient (Wildman–Crippen LogP) is 0.197. The van der Waals surface area contributed by atoms with E-state index in [0.717, 1.165) is 12.6 Å². The van der Waals surface area contributed by atoms with Crippen molar-refractivity contribution in [3.8, 4) is 12.3 Å². The highest BCUT2D eigenvalue weighted by Crippen LogP contribution is 2.26. The molecule has 1 saturated carbocycles. The number of nitrogens with one attached hydrogen (secondary N) is 2. The minimum absolute atomic E-state index is 0.0378. The number of nitrogens with zero attached hydrogens (tertiary/aromatic N) is 1. The number of carbonyl (C=O) groups excluding carboxylic acids is 1. The Morgan fingerprint density at radius 3 is 2.71 bits per heavy atom. The number of rotatable bonds is 7. The van der Waals surface area contributed by atoms with Gasteiger partial charge < -0.3 is 10.6 Å². The number of terminal acetylenes is 1. The van der Waals surface area contributed by atoms with Crippen LogP contribution in [0.15, 0.2) is 0 Å². The normalized spacial score (nSPS) is 18.5. The molecule has 0 spiro atoms. The van der Waals surface area contributed by atoms with Crippen molar-refractivity contribution < 1.29 is 4.79 Å². The topological polar surface area (TPSA) is 44.4 Å². The molecule has 0 aromatic heterocycles. The average Bonchev–Trinajstić information content (AvgIpc) is 3.15. The van der Waals surface area contributed by atoms with Gasteiger partial charge in [-0.15, -0.1) is 6.42 Å². The third-order valence-corrected chi connectivity index (χ3v) is 3.30. The van der Waals surface area contributed by atoms with E-state index in [4.69, 9.17) is 6.42 Å². The van der Waals surface area contributed by atoms with Crippen LogP contribution in [0.2, 0.25) is 0 Å². The van der Waals surface area contributed by atoms with E-state index in [1.165, 1.54) is 12.8 Å². The molecule has 2 unspecified atom stereocenters. The van der Waals surface area contributed by atoms with Gasteiger partial charge in [0.1, 0.15) is 0 Å². The van der Waals surface area contributed by atoms with Crippen molar-refractivity contribution in [2.75, 3.05) is 20.1 Å². The molecule has 96 valence electrons. The molecular formula is C13H23N3O. The molecule has 17 heavy (non-hydrogen) atoms. The molecule has 1 fully saturated rings. The third-order valence-electron chi connectivity index (χ3n) is 3.30. The summed E-state index contributed by atoms with van der Waals surface area (Å²) >= 11 is 0. The lowest BCUT2D eigenvalue weighted by atomic mass is 10.2. The molecule has 0 aromatic rings. The monoisotopic (exact) mass is 237 g/mol. The molecule has 0 radical (unpaired) electrons. The largest absolute Gasteiger partial charge is 0.344 e. The number of carbonyl (C=O) groups is 1. The fourth-order valence-corrected chi connectivity index (χ4v) is 1.72. The van der Waals surface area contributed by atoms with Crippen LogP contribution in [0.25, 0.3) is 0 Å². The average molecular weight is 237 g/mol. The van der Waals surface area contributed by atoms with Crippen molar-refractivity contribution in [1.29, 1.82) is 0 Å². The van der Waals surface area contributed by atoms with Gasteiger partial charge in [-0.25, -0.2) is 0 Å². The summed E-state index contributed by atoms with van der Waals surface area (Å²) in [7, 11) is 2.15. The summed E-state index contributed by atoms with van der Waals surface area (Å²) in [6, 6.07) is 1.00. The van der Waals surface area contributed by atoms with Crippen LogP contribution in [0, 0.1) is 12.3 Å². The molecule has 0 aliphatic heterocycles. The lowest BCUT2D eigenvalue weighted by molar-refractivity contribution is -0.122. The number of amides is 1. The minimum Gasteiger partial charge on any atom is -0.344 e. The van der Waals surface area contributed by atoms with Crippen LogP contribution in [0.4, 0.5) is 0 Å². The van der Waals surface area contributed by atoms with Gasteiger partial charge in [0, 0.05) is 18.6 Å². The summed E-state index contributed by atoms with van der Waals surface area (Å²) in [6.45, 7) is 5.15. The molecular weight excluding hydrogens is 214 g/mol. The summed E-state index contributed by atoms with van der Waals surface area (Å²) in [5.74, 6) is 2.35. The van der Waals surface area contributed by atoms with E-state index in [1.54, 1.807) is 0 Å². The number of hydrogen-bond donors (Lipinski definition) is 2. The van der Waals surface area contributed by atoms with Crippen LogP contribution < -0.4 is 10.6 Å². The van der Waals surface area contributed by atoms with Gasteiger partial charge in [-0.2, -0.15) is 0 Å². The molecule has 2 N–H and O–H groups in total. The second kappa shape index (κ2) is 6.63. The van der Waals surface area contributed by atoms with E-state index in [9.17, 15) is 4.79 Å². The van der Waals surface area contributed by atoms with Gasteiger partial charge >= 0.3 is 0 Å². The molecule has 1 aliphatic carbocycles. The Balaban J connectivity index is 2.20. The molecule has 4 nitrogen and oxygen atoms in total. The van der Waals surface area contributed by atoms with Crippen molar-refractivity contribution in [3.63, 3.8) is 0 Å². The highest BCUT2D eigenvalue weighted by atomic mass is 16.2. The summed E-state index contributed by atoms with van der Waals surface area (Å²) in [4.78, 5) is 13.9. The van der Waals surface area contributed by atoms with Gasteiger partial charge in [0.25, 0.3) is 0 Å². The predicted molar refractivity (Wildman–Crippen MR) is 69.6 cm³/mol. The zero-order chi connectivity index (χ0) is 12.8. The highest BCUT2D eigenvalue weighted by molar-refractivity contribution is 5.81. The molecule has 2 atom stereocenters. The highest BCUT2D eigenvalue weighted by Gasteiger charge is 2.29. The summed E-state index contributed by atoms with van der Waals surface area (Å²) < 4.78 is 0. The summed E-state index contributed by atoms with van der Waals surface area (Å²) in [5, 5.41) is 5.90. The Hall–Kier alpha value is -1.05. The van der Waals surface area contributed by atoms with Crippen molar-refractivity contribution in [2.45, 2.75) is 44.8 Å². The first kappa shape index (κ1) is 14.0. The van der Waals surface area contributed by atoms with E-state index in [2.05, 4.69) is 35.4 Å². The van der Waals surface area contributed by atoms with Gasteiger partial charge in [0.2, 0.25) is 5.91 Å². The summed E-state index contributed by atoms with van der Waals surface area (Å²) in [5.41, 5.74) is 0. The van der Waals surface area contributed by atoms with Crippen LogP contribution in [-0.4, -0.2) is 49.1 Å². The van der Waals surface area contributed by atoms with Crippen LogP contribution in [0.1, 0.15) is 26.7 Å². The van der Waals surface area contributed by atoms with Gasteiger partial charge in [-0.3, -0.25) is 9.69 Å². The van der Waals surface area contributed by atoms with E-state index < -0.39 is 0 Å². The molecule has 1 amide bonds. The van der Waals surface area contributed by atoms with Gasteiger partial charge in [0.15, 0.2) is 0 Å². The Bertz CT molecular complexity index is 294. The first-order valence-corrected chi connectivity index (χ1v) is 6.22. The van der Waals surface area contributed by atoms with Gasteiger partial charge in [0.05, 0.1) is 12.6 Å². The Morgan fingerprint density at radius 2 is 2.18 bits per heavy atom. The van der Waals surface area contributed by atoms with E-state index in [1.807, 2.05) is 6.92 Å². The van der Waals surface area contributed by atoms with Crippen LogP contribution in [0.3, 0.4) is 0 Å². The standard InChI is InChI=1S/C13H23N3O/c1-5-8-14-13(17)11(3)15-9-10(2)16(4)12-6-7-12/h1,10-12,15H,6-9H2,2-4H3,(H,14,17). The van der Waals surface area contributed by atoms with Crippen molar-refractivity contribution >= 4 is 5.91 Å². The fourth-order valence-electron chi connectivity index (χ4n) is 1.72. The smallest absolute Gasteiger partial charge is 0.237 e. The molecule has 0 bridgehead atoms. The second-order valence-electron chi connectivity index (χ2n) is 4.80. The van der Waals surface area contributed by atoms with Crippen molar-refractivity contribution in [1.82, 2.24) is 15.5 Å². The zero-order valence-corrected chi connectivity index (χ0v) is 11.0. The van der Waals surface area contributed by atoms with Gasteiger partial charge in [-0.1, -0.05) is 5.92 Å². The Kier molecular flexibility index (Phi) is 5.46.